The van der Waals surface area contributed by atoms with Crippen molar-refractivity contribution in [2.24, 2.45) is 11.3 Å². The Morgan fingerprint density at radius 2 is 2.00 bits per heavy atom. The molecule has 2 nitrogen and oxygen atoms in total. The second-order valence-electron chi connectivity index (χ2n) is 4.68. The molecule has 2 heteroatoms. The van der Waals surface area contributed by atoms with Crippen LogP contribution < -0.4 is 0 Å². The number of hydrogen-bond acceptors (Lipinski definition) is 2. The summed E-state index contributed by atoms with van der Waals surface area (Å²) in [5.41, 5.74) is 1.79. The van der Waals surface area contributed by atoms with Crippen LogP contribution in [0.25, 0.3) is 0 Å². The zero-order valence-corrected chi connectivity index (χ0v) is 9.96. The first-order valence-corrected chi connectivity index (χ1v) is 5.25. The third-order valence-electron chi connectivity index (χ3n) is 3.75. The molecule has 0 aromatic heterocycles. The number of ether oxygens (including phenoxy) is 2. The standard InChI is InChI=1S/C12H22O2/c1-9-6-7-10(12(9,2)3)8-11(13-4)14-5/h6,10-11H,7-8H2,1-5H3/t10-/m1/s1. The first-order chi connectivity index (χ1) is 6.52. The summed E-state index contributed by atoms with van der Waals surface area (Å²) in [6, 6.07) is 0. The molecular weight excluding hydrogens is 176 g/mol. The van der Waals surface area contributed by atoms with E-state index in [0.29, 0.717) is 11.3 Å². The molecule has 0 aromatic rings. The molecule has 0 saturated heterocycles. The predicted octanol–water partition coefficient (Wildman–Crippen LogP) is 2.99. The molecule has 0 aromatic carbocycles. The summed E-state index contributed by atoms with van der Waals surface area (Å²) in [7, 11) is 3.41. The zero-order valence-electron chi connectivity index (χ0n) is 9.96. The lowest BCUT2D eigenvalue weighted by atomic mass is 9.76. The van der Waals surface area contributed by atoms with Crippen molar-refractivity contribution in [3.63, 3.8) is 0 Å². The molecule has 0 aliphatic heterocycles. The molecule has 0 fully saturated rings. The van der Waals surface area contributed by atoms with Gasteiger partial charge in [-0.3, -0.25) is 0 Å². The molecule has 14 heavy (non-hydrogen) atoms. The minimum atomic E-state index is -0.0569. The maximum Gasteiger partial charge on any atom is 0.157 e. The van der Waals surface area contributed by atoms with Crippen molar-refractivity contribution in [1.29, 1.82) is 0 Å². The van der Waals surface area contributed by atoms with Crippen molar-refractivity contribution in [2.45, 2.75) is 39.9 Å². The second-order valence-corrected chi connectivity index (χ2v) is 4.68. The number of methoxy groups -OCH3 is 2. The number of rotatable bonds is 4. The topological polar surface area (TPSA) is 18.5 Å². The Balaban J connectivity index is 2.56. The fraction of sp³-hybridized carbons (Fsp3) is 0.833. The summed E-state index contributed by atoms with van der Waals surface area (Å²) in [5, 5.41) is 0. The molecule has 1 rings (SSSR count). The van der Waals surface area contributed by atoms with Crippen LogP contribution in [0.1, 0.15) is 33.6 Å². The van der Waals surface area contributed by atoms with Crippen molar-refractivity contribution in [1.82, 2.24) is 0 Å². The third-order valence-corrected chi connectivity index (χ3v) is 3.75. The summed E-state index contributed by atoms with van der Waals surface area (Å²) in [4.78, 5) is 0. The van der Waals surface area contributed by atoms with Gasteiger partial charge in [0.25, 0.3) is 0 Å². The summed E-state index contributed by atoms with van der Waals surface area (Å²) >= 11 is 0. The molecule has 0 heterocycles. The smallest absolute Gasteiger partial charge is 0.157 e. The van der Waals surface area contributed by atoms with E-state index in [1.807, 2.05) is 0 Å². The van der Waals surface area contributed by atoms with Crippen LogP contribution in [-0.2, 0) is 9.47 Å². The highest BCUT2D eigenvalue weighted by Gasteiger charge is 2.36. The van der Waals surface area contributed by atoms with E-state index in [4.69, 9.17) is 9.47 Å². The number of hydrogen-bond donors (Lipinski definition) is 0. The monoisotopic (exact) mass is 198 g/mol. The van der Waals surface area contributed by atoms with Crippen LogP contribution in [0.15, 0.2) is 11.6 Å². The molecule has 0 radical (unpaired) electrons. The molecule has 1 aliphatic carbocycles. The van der Waals surface area contributed by atoms with Crippen LogP contribution in [-0.4, -0.2) is 20.5 Å². The third kappa shape index (κ3) is 2.18. The van der Waals surface area contributed by atoms with E-state index < -0.39 is 0 Å². The SMILES string of the molecule is COC(C[C@H]1CC=C(C)C1(C)C)OC. The Labute approximate surface area is 87.3 Å². The highest BCUT2D eigenvalue weighted by atomic mass is 16.7. The van der Waals surface area contributed by atoms with Crippen molar-refractivity contribution < 1.29 is 9.47 Å². The lowest BCUT2D eigenvalue weighted by Crippen LogP contribution is -2.26. The normalized spacial score (nSPS) is 25.6. The van der Waals surface area contributed by atoms with Crippen molar-refractivity contribution in [2.75, 3.05) is 14.2 Å². The van der Waals surface area contributed by atoms with E-state index in [1.165, 1.54) is 5.57 Å². The minimum absolute atomic E-state index is 0.0569. The van der Waals surface area contributed by atoms with Gasteiger partial charge in [0.2, 0.25) is 0 Å². The first kappa shape index (κ1) is 11.7. The summed E-state index contributed by atoms with van der Waals surface area (Å²) < 4.78 is 10.5. The zero-order chi connectivity index (χ0) is 10.8. The first-order valence-electron chi connectivity index (χ1n) is 5.25. The Bertz CT molecular complexity index is 214. The summed E-state index contributed by atoms with van der Waals surface area (Å²) in [6.45, 7) is 6.83. The molecule has 0 spiro atoms. The Morgan fingerprint density at radius 3 is 2.36 bits per heavy atom. The molecule has 0 N–H and O–H groups in total. The maximum absolute atomic E-state index is 5.24. The van der Waals surface area contributed by atoms with Gasteiger partial charge in [0.1, 0.15) is 0 Å². The van der Waals surface area contributed by atoms with Gasteiger partial charge < -0.3 is 9.47 Å². The van der Waals surface area contributed by atoms with Gasteiger partial charge in [0.05, 0.1) is 0 Å². The van der Waals surface area contributed by atoms with E-state index in [9.17, 15) is 0 Å². The molecule has 1 atom stereocenters. The fourth-order valence-electron chi connectivity index (χ4n) is 2.11. The molecule has 82 valence electrons. The van der Waals surface area contributed by atoms with Gasteiger partial charge >= 0.3 is 0 Å². The van der Waals surface area contributed by atoms with Gasteiger partial charge in [0.15, 0.2) is 6.29 Å². The van der Waals surface area contributed by atoms with Crippen molar-refractivity contribution in [3.05, 3.63) is 11.6 Å². The van der Waals surface area contributed by atoms with Crippen LogP contribution >= 0.6 is 0 Å². The highest BCUT2D eigenvalue weighted by Crippen LogP contribution is 2.45. The van der Waals surface area contributed by atoms with Crippen LogP contribution in [0.4, 0.5) is 0 Å². The highest BCUT2D eigenvalue weighted by molar-refractivity contribution is 5.18. The van der Waals surface area contributed by atoms with Gasteiger partial charge in [-0.15, -0.1) is 0 Å². The van der Waals surface area contributed by atoms with Gasteiger partial charge in [-0.25, -0.2) is 0 Å². The summed E-state index contributed by atoms with van der Waals surface area (Å²) in [5.74, 6) is 0.646. The number of allylic oxidation sites excluding steroid dienone is 2. The molecule has 0 bridgehead atoms. The Kier molecular flexibility index (Phi) is 3.73. The Morgan fingerprint density at radius 1 is 1.43 bits per heavy atom. The average molecular weight is 198 g/mol. The minimum Gasteiger partial charge on any atom is -0.356 e. The second kappa shape index (κ2) is 4.45. The Hall–Kier alpha value is -0.340. The lowest BCUT2D eigenvalue weighted by Gasteiger charge is -2.31. The predicted molar refractivity (Wildman–Crippen MR) is 58.1 cm³/mol. The van der Waals surface area contributed by atoms with Crippen LogP contribution in [0.5, 0.6) is 0 Å². The molecule has 0 amide bonds. The molecule has 0 unspecified atom stereocenters. The van der Waals surface area contributed by atoms with Crippen molar-refractivity contribution in [3.8, 4) is 0 Å². The van der Waals surface area contributed by atoms with E-state index in [2.05, 4.69) is 26.8 Å². The van der Waals surface area contributed by atoms with E-state index >= 15 is 0 Å². The van der Waals surface area contributed by atoms with Crippen molar-refractivity contribution >= 4 is 0 Å². The molecular formula is C12H22O2. The average Bonchev–Trinajstić information content (AvgIpc) is 2.40. The van der Waals surface area contributed by atoms with Gasteiger partial charge in [-0.05, 0) is 24.7 Å². The van der Waals surface area contributed by atoms with Gasteiger partial charge in [-0.2, -0.15) is 0 Å². The largest absolute Gasteiger partial charge is 0.356 e. The van der Waals surface area contributed by atoms with Crippen LogP contribution in [0.2, 0.25) is 0 Å². The quantitative estimate of drug-likeness (QED) is 0.510. The van der Waals surface area contributed by atoms with Crippen LogP contribution in [0.3, 0.4) is 0 Å². The molecule has 1 aliphatic rings. The summed E-state index contributed by atoms with van der Waals surface area (Å²) in [6.07, 6.45) is 4.42. The maximum atomic E-state index is 5.24. The van der Waals surface area contributed by atoms with E-state index in [1.54, 1.807) is 14.2 Å². The lowest BCUT2D eigenvalue weighted by molar-refractivity contribution is -0.118. The van der Waals surface area contributed by atoms with E-state index in [0.717, 1.165) is 12.8 Å². The van der Waals surface area contributed by atoms with Gasteiger partial charge in [-0.1, -0.05) is 25.5 Å². The van der Waals surface area contributed by atoms with Crippen LogP contribution in [0, 0.1) is 11.3 Å². The van der Waals surface area contributed by atoms with Gasteiger partial charge in [0, 0.05) is 20.6 Å². The fourth-order valence-corrected chi connectivity index (χ4v) is 2.11. The molecule has 0 saturated carbocycles. The van der Waals surface area contributed by atoms with E-state index in [-0.39, 0.29) is 6.29 Å².